The van der Waals surface area contributed by atoms with Crippen LogP contribution in [0.3, 0.4) is 0 Å². The van der Waals surface area contributed by atoms with E-state index >= 15 is 0 Å². The summed E-state index contributed by atoms with van der Waals surface area (Å²) in [7, 11) is 0. The first-order chi connectivity index (χ1) is 7.66. The minimum atomic E-state index is 0.0258. The molecule has 0 amide bonds. The number of hydrogen-bond acceptors (Lipinski definition) is 2. The zero-order valence-corrected chi connectivity index (χ0v) is 10.2. The van der Waals surface area contributed by atoms with Gasteiger partial charge in [0.05, 0.1) is 12.5 Å². The van der Waals surface area contributed by atoms with E-state index in [2.05, 4.69) is 26.0 Å². The first kappa shape index (κ1) is 11.4. The molecule has 0 spiro atoms. The summed E-state index contributed by atoms with van der Waals surface area (Å²) in [6, 6.07) is 0. The zero-order valence-electron chi connectivity index (χ0n) is 10.2. The van der Waals surface area contributed by atoms with Gasteiger partial charge < -0.3 is 4.74 Å². The van der Waals surface area contributed by atoms with Crippen LogP contribution in [0.5, 0.6) is 0 Å². The van der Waals surface area contributed by atoms with Crippen LogP contribution >= 0.6 is 0 Å². The second kappa shape index (κ2) is 4.86. The highest BCUT2D eigenvalue weighted by Crippen LogP contribution is 2.36. The number of rotatable bonds is 3. The number of esters is 1. The number of fused-ring (bicyclic) bond motifs is 1. The van der Waals surface area contributed by atoms with Crippen LogP contribution in [0.4, 0.5) is 0 Å². The molecule has 88 valence electrons. The van der Waals surface area contributed by atoms with Gasteiger partial charge in [0.25, 0.3) is 0 Å². The van der Waals surface area contributed by atoms with Gasteiger partial charge in [0.2, 0.25) is 0 Å². The van der Waals surface area contributed by atoms with Gasteiger partial charge in [-0.1, -0.05) is 23.3 Å². The molecule has 1 aliphatic heterocycles. The average molecular weight is 220 g/mol. The fourth-order valence-corrected chi connectivity index (χ4v) is 2.52. The van der Waals surface area contributed by atoms with E-state index in [-0.39, 0.29) is 11.9 Å². The van der Waals surface area contributed by atoms with Crippen LogP contribution in [-0.2, 0) is 9.53 Å². The quantitative estimate of drug-likeness (QED) is 0.539. The summed E-state index contributed by atoms with van der Waals surface area (Å²) < 4.78 is 5.11. The Bertz CT molecular complexity index is 335. The fourth-order valence-electron chi connectivity index (χ4n) is 2.52. The van der Waals surface area contributed by atoms with Crippen LogP contribution in [0.2, 0.25) is 0 Å². The molecule has 0 aromatic heterocycles. The summed E-state index contributed by atoms with van der Waals surface area (Å²) >= 11 is 0. The minimum absolute atomic E-state index is 0.0258. The van der Waals surface area contributed by atoms with Crippen molar-refractivity contribution in [3.63, 3.8) is 0 Å². The van der Waals surface area contributed by atoms with Crippen molar-refractivity contribution in [3.8, 4) is 0 Å². The van der Waals surface area contributed by atoms with Crippen LogP contribution in [-0.4, -0.2) is 12.6 Å². The Labute approximate surface area is 97.4 Å². The van der Waals surface area contributed by atoms with Crippen molar-refractivity contribution in [3.05, 3.63) is 23.3 Å². The number of carbonyl (C=O) groups excluding carboxylic acids is 1. The fraction of sp³-hybridized carbons (Fsp3) is 0.643. The third-order valence-corrected chi connectivity index (χ3v) is 3.52. The monoisotopic (exact) mass is 220 g/mol. The van der Waals surface area contributed by atoms with Gasteiger partial charge >= 0.3 is 5.97 Å². The highest BCUT2D eigenvalue weighted by molar-refractivity contribution is 5.75. The van der Waals surface area contributed by atoms with Gasteiger partial charge in [-0.15, -0.1) is 0 Å². The molecule has 0 aromatic rings. The van der Waals surface area contributed by atoms with E-state index in [0.717, 1.165) is 25.7 Å². The molecule has 1 heterocycles. The Morgan fingerprint density at radius 3 is 3.12 bits per heavy atom. The molecular weight excluding hydrogens is 200 g/mol. The second-order valence-electron chi connectivity index (χ2n) is 5.12. The molecule has 16 heavy (non-hydrogen) atoms. The standard InChI is InChI=1S/C14H20O2/c1-10(2)4-3-5-11-6-7-12-9-16-14(15)13(12)8-11/h4,6,12-13H,3,5,7-9H2,1-2H3. The average Bonchev–Trinajstić information content (AvgIpc) is 2.60. The third kappa shape index (κ3) is 2.55. The molecule has 2 rings (SSSR count). The minimum Gasteiger partial charge on any atom is -0.465 e. The molecule has 0 bridgehead atoms. The molecule has 0 N–H and O–H groups in total. The summed E-state index contributed by atoms with van der Waals surface area (Å²) in [6.45, 7) is 4.89. The summed E-state index contributed by atoms with van der Waals surface area (Å²) in [5.74, 6) is 0.643. The lowest BCUT2D eigenvalue weighted by Crippen LogP contribution is -2.19. The van der Waals surface area contributed by atoms with E-state index in [9.17, 15) is 4.79 Å². The lowest BCUT2D eigenvalue weighted by molar-refractivity contribution is -0.141. The molecule has 2 heteroatoms. The van der Waals surface area contributed by atoms with Crippen molar-refractivity contribution in [2.75, 3.05) is 6.61 Å². The molecule has 0 aromatic carbocycles. The van der Waals surface area contributed by atoms with E-state index < -0.39 is 0 Å². The largest absolute Gasteiger partial charge is 0.465 e. The molecule has 2 nitrogen and oxygen atoms in total. The molecule has 2 unspecified atom stereocenters. The van der Waals surface area contributed by atoms with E-state index in [1.807, 2.05) is 0 Å². The van der Waals surface area contributed by atoms with Gasteiger partial charge in [-0.3, -0.25) is 4.79 Å². The predicted octanol–water partition coefficient (Wildman–Crippen LogP) is 3.24. The topological polar surface area (TPSA) is 26.3 Å². The Hall–Kier alpha value is -1.05. The molecule has 0 radical (unpaired) electrons. The molecule has 1 fully saturated rings. The Morgan fingerprint density at radius 1 is 1.56 bits per heavy atom. The van der Waals surface area contributed by atoms with Crippen LogP contribution in [0.25, 0.3) is 0 Å². The van der Waals surface area contributed by atoms with Crippen molar-refractivity contribution < 1.29 is 9.53 Å². The van der Waals surface area contributed by atoms with Gasteiger partial charge in [-0.2, -0.15) is 0 Å². The molecule has 1 aliphatic carbocycles. The van der Waals surface area contributed by atoms with E-state index in [0.29, 0.717) is 12.5 Å². The first-order valence-electron chi connectivity index (χ1n) is 6.14. The highest BCUT2D eigenvalue weighted by Gasteiger charge is 2.38. The highest BCUT2D eigenvalue weighted by atomic mass is 16.5. The first-order valence-corrected chi connectivity index (χ1v) is 6.14. The Morgan fingerprint density at radius 2 is 2.38 bits per heavy atom. The molecule has 0 saturated carbocycles. The van der Waals surface area contributed by atoms with Gasteiger partial charge in [0, 0.05) is 5.92 Å². The predicted molar refractivity (Wildman–Crippen MR) is 63.9 cm³/mol. The molecule has 2 aliphatic rings. The number of allylic oxidation sites excluding steroid dienone is 4. The number of cyclic esters (lactones) is 1. The second-order valence-corrected chi connectivity index (χ2v) is 5.12. The van der Waals surface area contributed by atoms with Crippen molar-refractivity contribution in [1.29, 1.82) is 0 Å². The lowest BCUT2D eigenvalue weighted by atomic mass is 9.80. The summed E-state index contributed by atoms with van der Waals surface area (Å²) in [5, 5.41) is 0. The van der Waals surface area contributed by atoms with Crippen molar-refractivity contribution in [2.24, 2.45) is 11.8 Å². The summed E-state index contributed by atoms with van der Waals surface area (Å²) in [5.41, 5.74) is 2.81. The van der Waals surface area contributed by atoms with Crippen molar-refractivity contribution >= 4 is 5.97 Å². The van der Waals surface area contributed by atoms with Gasteiger partial charge in [-0.25, -0.2) is 0 Å². The smallest absolute Gasteiger partial charge is 0.309 e. The maximum atomic E-state index is 11.5. The summed E-state index contributed by atoms with van der Waals surface area (Å²) in [4.78, 5) is 11.5. The van der Waals surface area contributed by atoms with Crippen LogP contribution < -0.4 is 0 Å². The number of hydrogen-bond donors (Lipinski definition) is 0. The Kier molecular flexibility index (Phi) is 3.47. The SMILES string of the molecule is CC(C)=CCCC1=CCC2COC(=O)C2C1. The normalized spacial score (nSPS) is 28.1. The van der Waals surface area contributed by atoms with Gasteiger partial charge in [0.15, 0.2) is 0 Å². The summed E-state index contributed by atoms with van der Waals surface area (Å²) in [6.07, 6.45) is 8.74. The van der Waals surface area contributed by atoms with E-state index in [4.69, 9.17) is 4.74 Å². The maximum Gasteiger partial charge on any atom is 0.309 e. The van der Waals surface area contributed by atoms with Gasteiger partial charge in [-0.05, 0) is 39.5 Å². The maximum absolute atomic E-state index is 11.5. The molecule has 2 atom stereocenters. The van der Waals surface area contributed by atoms with Crippen molar-refractivity contribution in [2.45, 2.75) is 39.5 Å². The molecular formula is C14H20O2. The van der Waals surface area contributed by atoms with Crippen molar-refractivity contribution in [1.82, 2.24) is 0 Å². The van der Waals surface area contributed by atoms with Gasteiger partial charge in [0.1, 0.15) is 0 Å². The van der Waals surface area contributed by atoms with Crippen LogP contribution in [0, 0.1) is 11.8 Å². The van der Waals surface area contributed by atoms with Crippen LogP contribution in [0.15, 0.2) is 23.3 Å². The lowest BCUT2D eigenvalue weighted by Gasteiger charge is -2.21. The van der Waals surface area contributed by atoms with Crippen LogP contribution in [0.1, 0.15) is 39.5 Å². The van der Waals surface area contributed by atoms with E-state index in [1.165, 1.54) is 11.1 Å². The number of carbonyl (C=O) groups is 1. The zero-order chi connectivity index (χ0) is 11.5. The Balaban J connectivity index is 1.88. The molecule has 1 saturated heterocycles. The van der Waals surface area contributed by atoms with E-state index in [1.54, 1.807) is 0 Å². The third-order valence-electron chi connectivity index (χ3n) is 3.52. The number of ether oxygens (including phenoxy) is 1.